The number of aromatic nitrogens is 1. The van der Waals surface area contributed by atoms with E-state index in [0.29, 0.717) is 25.0 Å². The topological polar surface area (TPSA) is 88.5 Å². The molecule has 0 saturated carbocycles. The van der Waals surface area contributed by atoms with Crippen molar-refractivity contribution in [3.05, 3.63) is 24.0 Å². The van der Waals surface area contributed by atoms with Gasteiger partial charge in [0.2, 0.25) is 10.0 Å². The Hall–Kier alpha value is -1.46. The molecular formula is C14H20N2O4S. The highest BCUT2D eigenvalue weighted by atomic mass is 32.2. The molecule has 116 valence electrons. The van der Waals surface area contributed by atoms with Gasteiger partial charge in [-0.1, -0.05) is 11.8 Å². The monoisotopic (exact) mass is 312 g/mol. The number of pyridine rings is 1. The van der Waals surface area contributed by atoms with Crippen molar-refractivity contribution in [3.8, 4) is 11.8 Å². The molecular weight excluding hydrogens is 292 g/mol. The predicted molar refractivity (Wildman–Crippen MR) is 79.1 cm³/mol. The van der Waals surface area contributed by atoms with Crippen molar-refractivity contribution in [2.24, 2.45) is 0 Å². The fraction of sp³-hybridized carbons (Fsp3) is 0.500. The van der Waals surface area contributed by atoms with Gasteiger partial charge >= 0.3 is 0 Å². The molecule has 0 aromatic carbocycles. The van der Waals surface area contributed by atoms with Crippen molar-refractivity contribution in [3.63, 3.8) is 0 Å². The first-order valence-corrected chi connectivity index (χ1v) is 8.04. The van der Waals surface area contributed by atoms with Gasteiger partial charge in [0, 0.05) is 44.1 Å². The maximum atomic E-state index is 12.2. The number of methoxy groups -OCH3 is 1. The van der Waals surface area contributed by atoms with Crippen LogP contribution in [0.25, 0.3) is 0 Å². The summed E-state index contributed by atoms with van der Waals surface area (Å²) in [5, 5.41) is 8.66. The lowest BCUT2D eigenvalue weighted by atomic mass is 10.3. The first-order chi connectivity index (χ1) is 9.99. The second-order valence-corrected chi connectivity index (χ2v) is 6.20. The van der Waals surface area contributed by atoms with Crippen molar-refractivity contribution in [1.29, 1.82) is 0 Å². The molecule has 0 radical (unpaired) electrons. The van der Waals surface area contributed by atoms with Gasteiger partial charge < -0.3 is 9.84 Å². The van der Waals surface area contributed by atoms with Crippen LogP contribution in [0.3, 0.4) is 0 Å². The van der Waals surface area contributed by atoms with Crippen molar-refractivity contribution in [1.82, 2.24) is 9.71 Å². The van der Waals surface area contributed by atoms with E-state index in [1.807, 2.05) is 0 Å². The molecule has 1 aromatic heterocycles. The standard InChI is InChI=1S/C14H20N2O4S/c1-12(6-8-20-2)16-21(18,19)14-9-13(10-15-11-14)5-3-4-7-17/h9-12,16-17H,4,6-8H2,1-2H3. The number of hydrogen-bond acceptors (Lipinski definition) is 5. The molecule has 21 heavy (non-hydrogen) atoms. The van der Waals surface area contributed by atoms with Crippen LogP contribution in [-0.4, -0.2) is 44.9 Å². The van der Waals surface area contributed by atoms with Crippen LogP contribution in [0.5, 0.6) is 0 Å². The summed E-state index contributed by atoms with van der Waals surface area (Å²) in [5.74, 6) is 5.49. The molecule has 0 bridgehead atoms. The average molecular weight is 312 g/mol. The average Bonchev–Trinajstić information content (AvgIpc) is 2.45. The number of rotatable bonds is 7. The van der Waals surface area contributed by atoms with E-state index in [9.17, 15) is 8.42 Å². The fourth-order valence-electron chi connectivity index (χ4n) is 1.54. The van der Waals surface area contributed by atoms with Gasteiger partial charge in [-0.2, -0.15) is 0 Å². The minimum Gasteiger partial charge on any atom is -0.395 e. The minimum absolute atomic E-state index is 0.0308. The quantitative estimate of drug-likeness (QED) is 0.717. The molecule has 1 rings (SSSR count). The van der Waals surface area contributed by atoms with E-state index in [2.05, 4.69) is 21.5 Å². The van der Waals surface area contributed by atoms with Gasteiger partial charge in [0.1, 0.15) is 4.90 Å². The van der Waals surface area contributed by atoms with Crippen LogP contribution in [0.15, 0.2) is 23.4 Å². The Balaban J connectivity index is 2.84. The molecule has 0 aliphatic carbocycles. The number of hydrogen-bond donors (Lipinski definition) is 2. The van der Waals surface area contributed by atoms with Gasteiger partial charge in [-0.25, -0.2) is 13.1 Å². The van der Waals surface area contributed by atoms with Gasteiger partial charge in [0.25, 0.3) is 0 Å². The van der Waals surface area contributed by atoms with Crippen LogP contribution in [-0.2, 0) is 14.8 Å². The molecule has 0 saturated heterocycles. The van der Waals surface area contributed by atoms with Crippen molar-refractivity contribution >= 4 is 10.0 Å². The van der Waals surface area contributed by atoms with E-state index < -0.39 is 10.0 Å². The molecule has 7 heteroatoms. The third-order valence-electron chi connectivity index (χ3n) is 2.60. The Morgan fingerprint density at radius 3 is 2.90 bits per heavy atom. The maximum Gasteiger partial charge on any atom is 0.242 e. The lowest BCUT2D eigenvalue weighted by Gasteiger charge is -2.13. The van der Waals surface area contributed by atoms with Gasteiger partial charge in [0.15, 0.2) is 0 Å². The molecule has 0 amide bonds. The number of ether oxygens (including phenoxy) is 1. The van der Waals surface area contributed by atoms with E-state index in [-0.39, 0.29) is 17.5 Å². The smallest absolute Gasteiger partial charge is 0.242 e. The van der Waals surface area contributed by atoms with E-state index in [0.717, 1.165) is 0 Å². The number of sulfonamides is 1. The molecule has 1 aromatic rings. The van der Waals surface area contributed by atoms with Crippen LogP contribution >= 0.6 is 0 Å². The second-order valence-electron chi connectivity index (χ2n) is 4.49. The Morgan fingerprint density at radius 2 is 2.24 bits per heavy atom. The Labute approximate surface area is 125 Å². The Morgan fingerprint density at radius 1 is 1.48 bits per heavy atom. The Bertz CT molecular complexity index is 605. The molecule has 6 nitrogen and oxygen atoms in total. The van der Waals surface area contributed by atoms with E-state index in [1.54, 1.807) is 14.0 Å². The van der Waals surface area contributed by atoms with Crippen molar-refractivity contribution in [2.45, 2.75) is 30.7 Å². The third kappa shape index (κ3) is 6.23. The molecule has 0 aliphatic heterocycles. The molecule has 1 unspecified atom stereocenters. The SMILES string of the molecule is COCCC(C)NS(=O)(=O)c1cncc(C#CCCO)c1. The van der Waals surface area contributed by atoms with Gasteiger partial charge in [-0.3, -0.25) is 4.98 Å². The molecule has 1 heterocycles. The highest BCUT2D eigenvalue weighted by molar-refractivity contribution is 7.89. The van der Waals surface area contributed by atoms with Crippen LogP contribution in [0, 0.1) is 11.8 Å². The van der Waals surface area contributed by atoms with E-state index >= 15 is 0 Å². The predicted octanol–water partition coefficient (Wildman–Crippen LogP) is 0.519. The summed E-state index contributed by atoms with van der Waals surface area (Å²) < 4.78 is 31.9. The summed E-state index contributed by atoms with van der Waals surface area (Å²) in [6, 6.07) is 1.22. The first-order valence-electron chi connectivity index (χ1n) is 6.55. The van der Waals surface area contributed by atoms with Crippen LogP contribution in [0.1, 0.15) is 25.3 Å². The highest BCUT2D eigenvalue weighted by Gasteiger charge is 2.17. The summed E-state index contributed by atoms with van der Waals surface area (Å²) in [5.41, 5.74) is 0.496. The van der Waals surface area contributed by atoms with Crippen molar-refractivity contribution in [2.75, 3.05) is 20.3 Å². The minimum atomic E-state index is -3.63. The molecule has 0 fully saturated rings. The fourth-order valence-corrected chi connectivity index (χ4v) is 2.81. The first kappa shape index (κ1) is 17.6. The van der Waals surface area contributed by atoms with E-state index in [4.69, 9.17) is 9.84 Å². The highest BCUT2D eigenvalue weighted by Crippen LogP contribution is 2.10. The van der Waals surface area contributed by atoms with Gasteiger partial charge in [0.05, 0.1) is 6.61 Å². The second kappa shape index (κ2) is 8.74. The van der Waals surface area contributed by atoms with E-state index in [1.165, 1.54) is 18.5 Å². The lowest BCUT2D eigenvalue weighted by Crippen LogP contribution is -2.33. The zero-order valence-electron chi connectivity index (χ0n) is 12.2. The zero-order valence-corrected chi connectivity index (χ0v) is 13.0. The third-order valence-corrected chi connectivity index (χ3v) is 4.16. The largest absolute Gasteiger partial charge is 0.395 e. The summed E-state index contributed by atoms with van der Waals surface area (Å²) in [6.07, 6.45) is 3.68. The lowest BCUT2D eigenvalue weighted by molar-refractivity contribution is 0.188. The van der Waals surface area contributed by atoms with Crippen LogP contribution in [0.2, 0.25) is 0 Å². The number of nitrogens with zero attached hydrogens (tertiary/aromatic N) is 1. The molecule has 2 N–H and O–H groups in total. The molecule has 0 aliphatic rings. The molecule has 0 spiro atoms. The molecule has 1 atom stereocenters. The van der Waals surface area contributed by atoms with Gasteiger partial charge in [-0.15, -0.1) is 0 Å². The van der Waals surface area contributed by atoms with Crippen LogP contribution < -0.4 is 4.72 Å². The summed E-state index contributed by atoms with van der Waals surface area (Å²) in [4.78, 5) is 3.96. The summed E-state index contributed by atoms with van der Waals surface area (Å²) in [7, 11) is -2.06. The summed E-state index contributed by atoms with van der Waals surface area (Å²) >= 11 is 0. The number of nitrogens with one attached hydrogen (secondary N) is 1. The number of aliphatic hydroxyl groups excluding tert-OH is 1. The van der Waals surface area contributed by atoms with Crippen LogP contribution in [0.4, 0.5) is 0 Å². The van der Waals surface area contributed by atoms with Crippen molar-refractivity contribution < 1.29 is 18.3 Å². The maximum absolute atomic E-state index is 12.2. The van der Waals surface area contributed by atoms with Gasteiger partial charge in [-0.05, 0) is 19.4 Å². The normalized spacial score (nSPS) is 12.5. The Kier molecular flexibility index (Phi) is 7.32. The number of aliphatic hydroxyl groups is 1. The summed E-state index contributed by atoms with van der Waals surface area (Å²) in [6.45, 7) is 2.22. The zero-order chi connectivity index (χ0) is 15.7.